The summed E-state index contributed by atoms with van der Waals surface area (Å²) in [7, 11) is 0. The van der Waals surface area contributed by atoms with E-state index in [2.05, 4.69) is 5.73 Å². The van der Waals surface area contributed by atoms with Crippen LogP contribution in [0.25, 0.3) is 0 Å². The SMILES string of the molecule is NC(=O)[O-].[Br-].[K+].[K+]. The number of halogens is 1. The summed E-state index contributed by atoms with van der Waals surface area (Å²) in [6, 6.07) is 0. The van der Waals surface area contributed by atoms with Gasteiger partial charge < -0.3 is 32.6 Å². The number of primary amides is 1. The van der Waals surface area contributed by atoms with Crippen molar-refractivity contribution < 1.29 is 130 Å². The molecule has 0 bridgehead atoms. The molecule has 0 saturated heterocycles. The average molecular weight is 218 g/mol. The summed E-state index contributed by atoms with van der Waals surface area (Å²) in [5, 5.41) is 8.67. The molecule has 32 valence electrons. The molecule has 0 aliphatic carbocycles. The minimum Gasteiger partial charge on any atom is -1.00 e. The predicted octanol–water partition coefficient (Wildman–Crippen LogP) is -10.7. The first-order valence-corrected chi connectivity index (χ1v) is 0.697. The molecule has 0 fully saturated rings. The van der Waals surface area contributed by atoms with Crippen LogP contribution in [-0.4, -0.2) is 6.09 Å². The van der Waals surface area contributed by atoms with Gasteiger partial charge in [-0.3, -0.25) is 0 Å². The maximum absolute atomic E-state index is 8.67. The van der Waals surface area contributed by atoms with E-state index in [4.69, 9.17) is 9.90 Å². The Hall–Kier alpha value is 3.02. The van der Waals surface area contributed by atoms with Gasteiger partial charge in [-0.25, -0.2) is 0 Å². The Kier molecular flexibility index (Phi) is 51.4. The van der Waals surface area contributed by atoms with Crippen molar-refractivity contribution in [3.8, 4) is 0 Å². The van der Waals surface area contributed by atoms with Crippen molar-refractivity contribution in [3.63, 3.8) is 0 Å². The summed E-state index contributed by atoms with van der Waals surface area (Å²) in [5.41, 5.74) is 3.92. The van der Waals surface area contributed by atoms with Gasteiger partial charge in [0, 0.05) is 0 Å². The zero-order chi connectivity index (χ0) is 3.58. The van der Waals surface area contributed by atoms with Gasteiger partial charge in [-0.15, -0.1) is 0 Å². The molecule has 0 spiro atoms. The van der Waals surface area contributed by atoms with Crippen LogP contribution in [0.1, 0.15) is 0 Å². The first kappa shape index (κ1) is 22.5. The first-order valence-electron chi connectivity index (χ1n) is 0.697. The number of amides is 1. The molecule has 6 heteroatoms. The Morgan fingerprint density at radius 1 is 1.43 bits per heavy atom. The van der Waals surface area contributed by atoms with Crippen LogP contribution in [0.15, 0.2) is 0 Å². The van der Waals surface area contributed by atoms with Crippen LogP contribution in [0.2, 0.25) is 0 Å². The van der Waals surface area contributed by atoms with Gasteiger partial charge in [-0.05, 0) is 0 Å². The minimum absolute atomic E-state index is 0. The van der Waals surface area contributed by atoms with Gasteiger partial charge in [0.1, 0.15) is 6.09 Å². The quantitative estimate of drug-likeness (QED) is 0.410. The van der Waals surface area contributed by atoms with Crippen LogP contribution in [-0.2, 0) is 0 Å². The molecule has 1 amide bonds. The van der Waals surface area contributed by atoms with E-state index in [1.807, 2.05) is 0 Å². The Bertz CT molecular complexity index is 38.7. The molecular formula is CH2BrK2NO2. The van der Waals surface area contributed by atoms with E-state index in [1.165, 1.54) is 0 Å². The molecule has 0 unspecified atom stereocenters. The Labute approximate surface area is 137 Å². The zero-order valence-electron chi connectivity index (χ0n) is 4.27. The summed E-state index contributed by atoms with van der Waals surface area (Å²) in [6.07, 6.45) is -1.58. The van der Waals surface area contributed by atoms with E-state index >= 15 is 0 Å². The smallest absolute Gasteiger partial charge is 1.00 e. The van der Waals surface area contributed by atoms with Crippen LogP contribution in [0, 0.1) is 0 Å². The van der Waals surface area contributed by atoms with Gasteiger partial charge in [0.05, 0.1) is 0 Å². The van der Waals surface area contributed by atoms with Gasteiger partial charge in [0.15, 0.2) is 0 Å². The molecule has 7 heavy (non-hydrogen) atoms. The van der Waals surface area contributed by atoms with Gasteiger partial charge in [0.2, 0.25) is 0 Å². The monoisotopic (exact) mass is 217 g/mol. The largest absolute Gasteiger partial charge is 1.00 e. The molecule has 0 aliphatic rings. The van der Waals surface area contributed by atoms with Crippen molar-refractivity contribution in [2.45, 2.75) is 0 Å². The molecule has 0 saturated carbocycles. The van der Waals surface area contributed by atoms with Crippen molar-refractivity contribution in [1.82, 2.24) is 0 Å². The number of hydrogen-bond donors (Lipinski definition) is 1. The van der Waals surface area contributed by atoms with Crippen molar-refractivity contribution in [1.29, 1.82) is 0 Å². The second-order valence-corrected chi connectivity index (χ2v) is 0.319. The summed E-state index contributed by atoms with van der Waals surface area (Å²) in [5.74, 6) is 0. The summed E-state index contributed by atoms with van der Waals surface area (Å²) >= 11 is 0. The van der Waals surface area contributed by atoms with E-state index in [9.17, 15) is 0 Å². The van der Waals surface area contributed by atoms with Crippen molar-refractivity contribution in [3.05, 3.63) is 0 Å². The van der Waals surface area contributed by atoms with Crippen LogP contribution >= 0.6 is 0 Å². The summed E-state index contributed by atoms with van der Waals surface area (Å²) in [4.78, 5) is 8.67. The van der Waals surface area contributed by atoms with E-state index in [1.54, 1.807) is 0 Å². The molecule has 0 aromatic rings. The summed E-state index contributed by atoms with van der Waals surface area (Å²) in [6.45, 7) is 0. The Morgan fingerprint density at radius 3 is 1.43 bits per heavy atom. The molecule has 0 rings (SSSR count). The van der Waals surface area contributed by atoms with Crippen molar-refractivity contribution in [2.24, 2.45) is 5.73 Å². The fraction of sp³-hybridized carbons (Fsp3) is 0. The van der Waals surface area contributed by atoms with Gasteiger partial charge in [-0.1, -0.05) is 0 Å². The third-order valence-electron chi connectivity index (χ3n) is 0. The Balaban J connectivity index is -0.0000000150. The van der Waals surface area contributed by atoms with Crippen LogP contribution < -0.4 is 131 Å². The maximum atomic E-state index is 8.67. The third-order valence-corrected chi connectivity index (χ3v) is 0. The predicted molar refractivity (Wildman–Crippen MR) is 9.58 cm³/mol. The number of carbonyl (C=O) groups is 1. The van der Waals surface area contributed by atoms with E-state index in [-0.39, 0.29) is 120 Å². The van der Waals surface area contributed by atoms with Crippen molar-refractivity contribution >= 4 is 6.09 Å². The van der Waals surface area contributed by atoms with Crippen LogP contribution in [0.5, 0.6) is 0 Å². The fourth-order valence-corrected chi connectivity index (χ4v) is 0. The topological polar surface area (TPSA) is 66.2 Å². The third kappa shape index (κ3) is 48.7. The van der Waals surface area contributed by atoms with Crippen LogP contribution in [0.4, 0.5) is 4.79 Å². The van der Waals surface area contributed by atoms with Gasteiger partial charge >= 0.3 is 103 Å². The average Bonchev–Trinajstić information content (AvgIpc) is 0.811. The van der Waals surface area contributed by atoms with E-state index in [0.29, 0.717) is 0 Å². The molecule has 0 aromatic carbocycles. The first-order chi connectivity index (χ1) is 1.73. The molecular weight excluding hydrogens is 216 g/mol. The molecule has 3 nitrogen and oxygen atoms in total. The molecule has 0 radical (unpaired) electrons. The molecule has 0 aromatic heterocycles. The second kappa shape index (κ2) is 16.0. The number of carboxylic acid groups (broad SMARTS) is 1. The van der Waals surface area contributed by atoms with Crippen LogP contribution in [0.3, 0.4) is 0 Å². The number of hydrogen-bond acceptors (Lipinski definition) is 2. The van der Waals surface area contributed by atoms with Gasteiger partial charge in [-0.2, -0.15) is 0 Å². The second-order valence-electron chi connectivity index (χ2n) is 0.319. The maximum Gasteiger partial charge on any atom is 1.00 e. The van der Waals surface area contributed by atoms with E-state index in [0.717, 1.165) is 0 Å². The van der Waals surface area contributed by atoms with Crippen molar-refractivity contribution in [2.75, 3.05) is 0 Å². The fourth-order valence-electron chi connectivity index (χ4n) is 0. The minimum atomic E-state index is -1.58. The molecule has 0 heterocycles. The number of carbonyl (C=O) groups excluding carboxylic acids is 1. The summed E-state index contributed by atoms with van der Waals surface area (Å²) < 4.78 is 0. The van der Waals surface area contributed by atoms with Gasteiger partial charge in [0.25, 0.3) is 0 Å². The Morgan fingerprint density at radius 2 is 1.43 bits per heavy atom. The zero-order valence-corrected chi connectivity index (χ0v) is 12.1. The molecule has 0 aliphatic heterocycles. The molecule has 0 atom stereocenters. The standard InChI is InChI=1S/CH3NO2.BrH.2K/c2-1(3)4;;;/h2H2,(H,3,4);1H;;/q;;2*+1/p-2. The number of rotatable bonds is 0. The normalized spacial score (nSPS) is 3.43. The molecule has 2 N–H and O–H groups in total. The van der Waals surface area contributed by atoms with E-state index < -0.39 is 6.09 Å². The number of nitrogens with two attached hydrogens (primary N) is 1.